The van der Waals surface area contributed by atoms with E-state index < -0.39 is 6.10 Å². The first-order valence-corrected chi connectivity index (χ1v) is 5.92. The maximum atomic E-state index is 11.6. The molecule has 0 saturated carbocycles. The summed E-state index contributed by atoms with van der Waals surface area (Å²) in [6, 6.07) is 7.85. The van der Waals surface area contributed by atoms with Gasteiger partial charge in [0.2, 0.25) is 5.91 Å². The van der Waals surface area contributed by atoms with Crippen LogP contribution in [0.15, 0.2) is 28.7 Å². The van der Waals surface area contributed by atoms with Gasteiger partial charge in [-0.2, -0.15) is 0 Å². The zero-order chi connectivity index (χ0) is 12.1. The van der Waals surface area contributed by atoms with Gasteiger partial charge >= 0.3 is 0 Å². The molecule has 0 fully saturated rings. The normalized spacial score (nSPS) is 14.2. The summed E-state index contributed by atoms with van der Waals surface area (Å²) in [5, 5.41) is 2.89. The molecule has 1 aromatic rings. The van der Waals surface area contributed by atoms with Gasteiger partial charge in [-0.05, 0) is 31.5 Å². The first-order chi connectivity index (χ1) is 7.54. The second-order valence-electron chi connectivity index (χ2n) is 3.66. The molecule has 1 unspecified atom stereocenters. The van der Waals surface area contributed by atoms with Crippen molar-refractivity contribution in [3.05, 3.63) is 34.3 Å². The molecule has 0 radical (unpaired) electrons. The first kappa shape index (κ1) is 13.2. The molecule has 88 valence electrons. The third-order valence-corrected chi connectivity index (χ3v) is 2.98. The fourth-order valence-corrected chi connectivity index (χ4v) is 1.54. The number of carbonyl (C=O) groups excluding carboxylic acids is 1. The Morgan fingerprint density at radius 2 is 1.88 bits per heavy atom. The van der Waals surface area contributed by atoms with Crippen LogP contribution in [0.3, 0.4) is 0 Å². The molecule has 0 aliphatic rings. The van der Waals surface area contributed by atoms with E-state index in [0.717, 1.165) is 10.0 Å². The average molecular weight is 286 g/mol. The molecule has 4 heteroatoms. The summed E-state index contributed by atoms with van der Waals surface area (Å²) in [6.07, 6.45) is -0.419. The summed E-state index contributed by atoms with van der Waals surface area (Å²) in [6.45, 7) is 3.67. The highest BCUT2D eigenvalue weighted by molar-refractivity contribution is 9.10. The van der Waals surface area contributed by atoms with E-state index in [0.29, 0.717) is 0 Å². The number of halogens is 1. The topological polar surface area (TPSA) is 38.3 Å². The van der Waals surface area contributed by atoms with Gasteiger partial charge in [0.05, 0.1) is 6.04 Å². The van der Waals surface area contributed by atoms with E-state index in [4.69, 9.17) is 4.74 Å². The SMILES string of the molecule is COC(C)C(=O)N[C@@H](C)c1ccc(Br)cc1. The van der Waals surface area contributed by atoms with Crippen LogP contribution in [0.4, 0.5) is 0 Å². The molecule has 1 aromatic carbocycles. The smallest absolute Gasteiger partial charge is 0.249 e. The van der Waals surface area contributed by atoms with Crippen LogP contribution in [0, 0.1) is 0 Å². The number of ether oxygens (including phenoxy) is 1. The van der Waals surface area contributed by atoms with Gasteiger partial charge in [0, 0.05) is 11.6 Å². The van der Waals surface area contributed by atoms with Crippen LogP contribution >= 0.6 is 15.9 Å². The number of benzene rings is 1. The van der Waals surface area contributed by atoms with Crippen molar-refractivity contribution in [2.45, 2.75) is 26.0 Å². The predicted octanol–water partition coefficient (Wildman–Crippen LogP) is 2.66. The van der Waals surface area contributed by atoms with Crippen LogP contribution in [0.1, 0.15) is 25.5 Å². The van der Waals surface area contributed by atoms with E-state index in [-0.39, 0.29) is 11.9 Å². The molecule has 1 N–H and O–H groups in total. The molecule has 0 spiro atoms. The molecule has 0 heterocycles. The van der Waals surface area contributed by atoms with Crippen LogP contribution in [0.2, 0.25) is 0 Å². The molecule has 0 saturated heterocycles. The molecular weight excluding hydrogens is 270 g/mol. The predicted molar refractivity (Wildman–Crippen MR) is 67.2 cm³/mol. The Labute approximate surface area is 104 Å². The number of nitrogens with one attached hydrogen (secondary N) is 1. The lowest BCUT2D eigenvalue weighted by atomic mass is 10.1. The van der Waals surface area contributed by atoms with Gasteiger partial charge in [-0.1, -0.05) is 28.1 Å². The molecule has 2 atom stereocenters. The van der Waals surface area contributed by atoms with Crippen molar-refractivity contribution in [3.63, 3.8) is 0 Å². The van der Waals surface area contributed by atoms with Gasteiger partial charge in [-0.15, -0.1) is 0 Å². The van der Waals surface area contributed by atoms with E-state index in [1.807, 2.05) is 31.2 Å². The second-order valence-corrected chi connectivity index (χ2v) is 4.58. The van der Waals surface area contributed by atoms with Crippen molar-refractivity contribution >= 4 is 21.8 Å². The molecule has 3 nitrogen and oxygen atoms in total. The van der Waals surface area contributed by atoms with Gasteiger partial charge in [-0.25, -0.2) is 0 Å². The van der Waals surface area contributed by atoms with Crippen LogP contribution in [-0.4, -0.2) is 19.1 Å². The van der Waals surface area contributed by atoms with E-state index in [2.05, 4.69) is 21.2 Å². The van der Waals surface area contributed by atoms with Crippen molar-refractivity contribution in [3.8, 4) is 0 Å². The maximum absolute atomic E-state index is 11.6. The number of methoxy groups -OCH3 is 1. The number of hydrogen-bond donors (Lipinski definition) is 1. The minimum atomic E-state index is -0.419. The zero-order valence-corrected chi connectivity index (χ0v) is 11.2. The summed E-state index contributed by atoms with van der Waals surface area (Å²) < 4.78 is 5.98. The lowest BCUT2D eigenvalue weighted by Gasteiger charge is -2.17. The fourth-order valence-electron chi connectivity index (χ4n) is 1.27. The Bertz CT molecular complexity index is 351. The summed E-state index contributed by atoms with van der Waals surface area (Å²) in [5.74, 6) is -0.0991. The zero-order valence-electron chi connectivity index (χ0n) is 9.66. The molecule has 16 heavy (non-hydrogen) atoms. The maximum Gasteiger partial charge on any atom is 0.249 e. The molecule has 1 rings (SSSR count). The minimum Gasteiger partial charge on any atom is -0.372 e. The van der Waals surface area contributed by atoms with Crippen LogP contribution in [-0.2, 0) is 9.53 Å². The van der Waals surface area contributed by atoms with Crippen LogP contribution in [0.5, 0.6) is 0 Å². The lowest BCUT2D eigenvalue weighted by molar-refractivity contribution is -0.130. The third kappa shape index (κ3) is 3.61. The van der Waals surface area contributed by atoms with E-state index in [1.165, 1.54) is 7.11 Å². The van der Waals surface area contributed by atoms with Crippen molar-refractivity contribution in [2.75, 3.05) is 7.11 Å². The van der Waals surface area contributed by atoms with Crippen LogP contribution < -0.4 is 5.32 Å². The van der Waals surface area contributed by atoms with Crippen LogP contribution in [0.25, 0.3) is 0 Å². The van der Waals surface area contributed by atoms with Crippen molar-refractivity contribution in [1.29, 1.82) is 0 Å². The quantitative estimate of drug-likeness (QED) is 0.924. The molecular formula is C12H16BrNO2. The highest BCUT2D eigenvalue weighted by Crippen LogP contribution is 2.16. The van der Waals surface area contributed by atoms with E-state index in [9.17, 15) is 4.79 Å². The summed E-state index contributed by atoms with van der Waals surface area (Å²) in [7, 11) is 1.52. The number of carbonyl (C=O) groups is 1. The summed E-state index contributed by atoms with van der Waals surface area (Å²) in [4.78, 5) is 11.6. The molecule has 0 aromatic heterocycles. The second kappa shape index (κ2) is 6.01. The Balaban J connectivity index is 2.62. The number of rotatable bonds is 4. The first-order valence-electron chi connectivity index (χ1n) is 5.13. The average Bonchev–Trinajstić information content (AvgIpc) is 2.28. The monoisotopic (exact) mass is 285 g/mol. The van der Waals surface area contributed by atoms with Gasteiger partial charge < -0.3 is 10.1 Å². The highest BCUT2D eigenvalue weighted by Gasteiger charge is 2.14. The third-order valence-electron chi connectivity index (χ3n) is 2.45. The molecule has 1 amide bonds. The van der Waals surface area contributed by atoms with Gasteiger partial charge in [0.15, 0.2) is 0 Å². The minimum absolute atomic E-state index is 0.0156. The fraction of sp³-hybridized carbons (Fsp3) is 0.417. The Morgan fingerprint density at radius 1 is 1.31 bits per heavy atom. The summed E-state index contributed by atoms with van der Waals surface area (Å²) >= 11 is 3.37. The molecule has 0 aliphatic heterocycles. The van der Waals surface area contributed by atoms with Crippen molar-refractivity contribution < 1.29 is 9.53 Å². The Morgan fingerprint density at radius 3 is 2.38 bits per heavy atom. The molecule has 0 aliphatic carbocycles. The summed E-state index contributed by atoms with van der Waals surface area (Å²) in [5.41, 5.74) is 1.07. The number of amides is 1. The van der Waals surface area contributed by atoms with Gasteiger partial charge in [0.1, 0.15) is 6.10 Å². The molecule has 0 bridgehead atoms. The lowest BCUT2D eigenvalue weighted by Crippen LogP contribution is -2.35. The Hall–Kier alpha value is -0.870. The van der Waals surface area contributed by atoms with Crippen molar-refractivity contribution in [1.82, 2.24) is 5.32 Å². The Kier molecular flexibility index (Phi) is 4.96. The van der Waals surface area contributed by atoms with E-state index >= 15 is 0 Å². The van der Waals surface area contributed by atoms with Crippen molar-refractivity contribution in [2.24, 2.45) is 0 Å². The standard InChI is InChI=1S/C12H16BrNO2/c1-8(14-12(15)9(2)16-3)10-4-6-11(13)7-5-10/h4-9H,1-3H3,(H,14,15)/t8-,9?/m0/s1. The number of hydrogen-bond acceptors (Lipinski definition) is 2. The highest BCUT2D eigenvalue weighted by atomic mass is 79.9. The van der Waals surface area contributed by atoms with Gasteiger partial charge in [-0.3, -0.25) is 4.79 Å². The van der Waals surface area contributed by atoms with Gasteiger partial charge in [0.25, 0.3) is 0 Å². The van der Waals surface area contributed by atoms with E-state index in [1.54, 1.807) is 6.92 Å². The largest absolute Gasteiger partial charge is 0.372 e.